The van der Waals surface area contributed by atoms with Crippen LogP contribution in [0.5, 0.6) is 0 Å². The largest absolute Gasteiger partial charge is 0.457 e. The lowest BCUT2D eigenvalue weighted by atomic mass is 9.97. The van der Waals surface area contributed by atoms with Gasteiger partial charge in [-0.15, -0.1) is 0 Å². The van der Waals surface area contributed by atoms with Crippen LogP contribution in [0.1, 0.15) is 25.0 Å². The first-order chi connectivity index (χ1) is 7.58. The summed E-state index contributed by atoms with van der Waals surface area (Å²) in [5.41, 5.74) is 0.595. The minimum Gasteiger partial charge on any atom is -0.457 e. The van der Waals surface area contributed by atoms with Crippen molar-refractivity contribution in [2.75, 3.05) is 0 Å². The number of rotatable bonds is 2. The first kappa shape index (κ1) is 10.8. The molecule has 0 radical (unpaired) electrons. The fourth-order valence-electron chi connectivity index (χ4n) is 1.82. The van der Waals surface area contributed by atoms with Crippen molar-refractivity contribution < 1.29 is 18.7 Å². The van der Waals surface area contributed by atoms with Gasteiger partial charge in [-0.2, -0.15) is 0 Å². The zero-order valence-electron chi connectivity index (χ0n) is 8.77. The van der Waals surface area contributed by atoms with Gasteiger partial charge in [-0.05, 0) is 24.6 Å². The van der Waals surface area contributed by atoms with Crippen molar-refractivity contribution in [1.82, 2.24) is 0 Å². The second kappa shape index (κ2) is 4.04. The van der Waals surface area contributed by atoms with E-state index in [9.17, 15) is 14.0 Å². The van der Waals surface area contributed by atoms with Crippen LogP contribution >= 0.6 is 0 Å². The molecular weight excluding hydrogens is 211 g/mol. The predicted molar refractivity (Wildman–Crippen MR) is 54.0 cm³/mol. The minimum atomic E-state index is -0.701. The fourth-order valence-corrected chi connectivity index (χ4v) is 1.82. The van der Waals surface area contributed by atoms with Crippen LogP contribution in [0.3, 0.4) is 0 Å². The van der Waals surface area contributed by atoms with Gasteiger partial charge >= 0.3 is 5.97 Å². The molecule has 3 nitrogen and oxygen atoms in total. The molecule has 0 spiro atoms. The summed E-state index contributed by atoms with van der Waals surface area (Å²) < 4.78 is 18.0. The number of benzene rings is 1. The van der Waals surface area contributed by atoms with Crippen LogP contribution < -0.4 is 0 Å². The van der Waals surface area contributed by atoms with Crippen molar-refractivity contribution in [2.24, 2.45) is 5.92 Å². The topological polar surface area (TPSA) is 43.4 Å². The van der Waals surface area contributed by atoms with Crippen LogP contribution in [0.25, 0.3) is 0 Å². The van der Waals surface area contributed by atoms with Crippen LogP contribution in [-0.2, 0) is 14.3 Å². The molecule has 0 unspecified atom stereocenters. The molecule has 0 N–H and O–H groups in total. The third-order valence-electron chi connectivity index (χ3n) is 2.70. The van der Waals surface area contributed by atoms with Gasteiger partial charge in [-0.3, -0.25) is 9.59 Å². The number of ketones is 1. The molecule has 84 valence electrons. The molecule has 0 saturated carbocycles. The number of hydrogen-bond acceptors (Lipinski definition) is 3. The molecule has 0 aliphatic carbocycles. The van der Waals surface area contributed by atoms with E-state index >= 15 is 0 Å². The lowest BCUT2D eigenvalue weighted by Crippen LogP contribution is -2.15. The highest BCUT2D eigenvalue weighted by atomic mass is 19.1. The Kier molecular flexibility index (Phi) is 2.73. The second-order valence-corrected chi connectivity index (χ2v) is 3.88. The molecule has 2 rings (SSSR count). The molecule has 0 amide bonds. The molecule has 1 heterocycles. The lowest BCUT2D eigenvalue weighted by Gasteiger charge is -2.08. The summed E-state index contributed by atoms with van der Waals surface area (Å²) in [7, 11) is 0. The average Bonchev–Trinajstić information content (AvgIpc) is 2.60. The van der Waals surface area contributed by atoms with Gasteiger partial charge in [0.05, 0.1) is 0 Å². The molecule has 1 aromatic rings. The van der Waals surface area contributed by atoms with Gasteiger partial charge in [0, 0.05) is 6.42 Å². The van der Waals surface area contributed by atoms with Gasteiger partial charge in [0.15, 0.2) is 0 Å². The van der Waals surface area contributed by atoms with Gasteiger partial charge in [0.2, 0.25) is 0 Å². The van der Waals surface area contributed by atoms with Crippen molar-refractivity contribution >= 4 is 11.8 Å². The maximum atomic E-state index is 13.0. The van der Waals surface area contributed by atoms with Crippen LogP contribution in [0.15, 0.2) is 24.3 Å². The monoisotopic (exact) mass is 222 g/mol. The number of cyclic esters (lactones) is 1. The summed E-state index contributed by atoms with van der Waals surface area (Å²) in [4.78, 5) is 22.5. The Hall–Kier alpha value is -1.71. The highest BCUT2D eigenvalue weighted by molar-refractivity contribution is 5.98. The first-order valence-electron chi connectivity index (χ1n) is 5.04. The third kappa shape index (κ3) is 1.96. The van der Waals surface area contributed by atoms with Crippen molar-refractivity contribution in [3.63, 3.8) is 0 Å². The number of ether oxygens (including phenoxy) is 1. The molecule has 4 heteroatoms. The van der Waals surface area contributed by atoms with Crippen LogP contribution in [0.4, 0.5) is 4.39 Å². The Morgan fingerprint density at radius 1 is 1.50 bits per heavy atom. The Balaban J connectivity index is 2.20. The Labute approximate surface area is 92.2 Å². The fraction of sp³-hybridized carbons (Fsp3) is 0.333. The Morgan fingerprint density at radius 2 is 2.25 bits per heavy atom. The molecule has 1 aliphatic heterocycles. The van der Waals surface area contributed by atoms with Crippen LogP contribution in [0, 0.1) is 11.7 Å². The maximum absolute atomic E-state index is 13.0. The number of Topliss-reactive ketones (excluding diaryl/α,β-unsaturated/α-hetero) is 1. The normalized spacial score (nSPS) is 24.2. The number of hydrogen-bond donors (Lipinski definition) is 0. The highest BCUT2D eigenvalue weighted by Gasteiger charge is 2.38. The van der Waals surface area contributed by atoms with Crippen LogP contribution in [0.2, 0.25) is 0 Å². The summed E-state index contributed by atoms with van der Waals surface area (Å²) in [6.07, 6.45) is -0.199. The SMILES string of the molecule is CC(=O)[C@@H]1C[C@@H](c2cccc(F)c2)OC1=O. The number of halogens is 1. The Bertz CT molecular complexity index is 442. The van der Waals surface area contributed by atoms with Gasteiger partial charge < -0.3 is 4.74 Å². The molecule has 16 heavy (non-hydrogen) atoms. The van der Waals surface area contributed by atoms with Gasteiger partial charge in [-0.1, -0.05) is 12.1 Å². The van der Waals surface area contributed by atoms with E-state index in [4.69, 9.17) is 4.74 Å². The van der Waals surface area contributed by atoms with E-state index in [-0.39, 0.29) is 11.6 Å². The van der Waals surface area contributed by atoms with Crippen molar-refractivity contribution in [3.05, 3.63) is 35.6 Å². The van der Waals surface area contributed by atoms with E-state index < -0.39 is 18.0 Å². The van der Waals surface area contributed by atoms with E-state index in [1.165, 1.54) is 19.1 Å². The molecule has 0 bridgehead atoms. The standard InChI is InChI=1S/C12H11FO3/c1-7(14)10-6-11(16-12(10)15)8-3-2-4-9(13)5-8/h2-5,10-11H,6H2,1H3/t10-,11-/m0/s1. The molecule has 1 aliphatic rings. The average molecular weight is 222 g/mol. The highest BCUT2D eigenvalue weighted by Crippen LogP contribution is 2.33. The molecule has 0 aromatic heterocycles. The summed E-state index contributed by atoms with van der Waals surface area (Å²) in [5.74, 6) is -1.79. The van der Waals surface area contributed by atoms with E-state index in [2.05, 4.69) is 0 Å². The molecule has 1 aromatic carbocycles. The quantitative estimate of drug-likeness (QED) is 0.568. The maximum Gasteiger partial charge on any atom is 0.317 e. The van der Waals surface area contributed by atoms with Gasteiger partial charge in [0.25, 0.3) is 0 Å². The smallest absolute Gasteiger partial charge is 0.317 e. The number of carbonyl (C=O) groups is 2. The molecular formula is C12H11FO3. The summed E-state index contributed by atoms with van der Waals surface area (Å²) >= 11 is 0. The summed E-state index contributed by atoms with van der Waals surface area (Å²) in [5, 5.41) is 0. The zero-order chi connectivity index (χ0) is 11.7. The van der Waals surface area contributed by atoms with Crippen molar-refractivity contribution in [2.45, 2.75) is 19.4 Å². The van der Waals surface area contributed by atoms with Gasteiger partial charge in [-0.25, -0.2) is 4.39 Å². The minimum absolute atomic E-state index is 0.205. The van der Waals surface area contributed by atoms with Crippen LogP contribution in [-0.4, -0.2) is 11.8 Å². The van der Waals surface area contributed by atoms with Crippen molar-refractivity contribution in [1.29, 1.82) is 0 Å². The van der Waals surface area contributed by atoms with Gasteiger partial charge in [0.1, 0.15) is 23.6 Å². The lowest BCUT2D eigenvalue weighted by molar-refractivity contribution is -0.146. The zero-order valence-corrected chi connectivity index (χ0v) is 8.77. The van der Waals surface area contributed by atoms with E-state index in [1.807, 2.05) is 0 Å². The van der Waals surface area contributed by atoms with E-state index in [0.717, 1.165) is 0 Å². The summed E-state index contributed by atoms with van der Waals surface area (Å²) in [6, 6.07) is 5.88. The first-order valence-corrected chi connectivity index (χ1v) is 5.04. The van der Waals surface area contributed by atoms with Crippen molar-refractivity contribution in [3.8, 4) is 0 Å². The van der Waals surface area contributed by atoms with E-state index in [0.29, 0.717) is 12.0 Å². The molecule has 1 saturated heterocycles. The third-order valence-corrected chi connectivity index (χ3v) is 2.70. The predicted octanol–water partition coefficient (Wildman–Crippen LogP) is 2.02. The molecule has 1 fully saturated rings. The number of esters is 1. The van der Waals surface area contributed by atoms with E-state index in [1.54, 1.807) is 12.1 Å². The number of carbonyl (C=O) groups excluding carboxylic acids is 2. The Morgan fingerprint density at radius 3 is 2.81 bits per heavy atom. The second-order valence-electron chi connectivity index (χ2n) is 3.88. The summed E-state index contributed by atoms with van der Waals surface area (Å²) in [6.45, 7) is 1.36. The molecule has 2 atom stereocenters.